The van der Waals surface area contributed by atoms with Gasteiger partial charge in [0.15, 0.2) is 12.3 Å². The first-order valence-electron chi connectivity index (χ1n) is 7.83. The predicted octanol–water partition coefficient (Wildman–Crippen LogP) is 2.30. The molecule has 1 atom stereocenters. The van der Waals surface area contributed by atoms with Crippen LogP contribution in [0.1, 0.15) is 25.3 Å². The van der Waals surface area contributed by atoms with E-state index in [-0.39, 0.29) is 13.0 Å². The number of aliphatic hydroxyl groups is 1. The van der Waals surface area contributed by atoms with Gasteiger partial charge >= 0.3 is 0 Å². The highest BCUT2D eigenvalue weighted by molar-refractivity contribution is 5.91. The molecule has 0 fully saturated rings. The number of rotatable bonds is 5. The van der Waals surface area contributed by atoms with Crippen LogP contribution < -0.4 is 4.74 Å². The minimum absolute atomic E-state index is 0.197. The van der Waals surface area contributed by atoms with Gasteiger partial charge in [0.1, 0.15) is 5.75 Å². The van der Waals surface area contributed by atoms with E-state index >= 15 is 0 Å². The Labute approximate surface area is 140 Å². The summed E-state index contributed by atoms with van der Waals surface area (Å²) in [6.45, 7) is 1.75. The van der Waals surface area contributed by atoms with Gasteiger partial charge in [-0.3, -0.25) is 9.78 Å². The standard InChI is InChI=1S/C18H19N3O3/c1-2-15-12-18(23,14-8-10-19-11-9-14)21(20-15)17(22)13-24-16-6-4-3-5-7-16/h3-11,23H,2,12-13H2,1H3/t18-/m1/s1. The van der Waals surface area contributed by atoms with Crippen molar-refractivity contribution in [2.45, 2.75) is 25.5 Å². The lowest BCUT2D eigenvalue weighted by molar-refractivity contribution is -0.159. The van der Waals surface area contributed by atoms with E-state index in [9.17, 15) is 9.90 Å². The molecule has 0 unspecified atom stereocenters. The molecule has 0 spiro atoms. The van der Waals surface area contributed by atoms with Crippen molar-refractivity contribution in [3.05, 3.63) is 60.4 Å². The van der Waals surface area contributed by atoms with Crippen LogP contribution in [0.3, 0.4) is 0 Å². The number of carbonyl (C=O) groups is 1. The molecule has 124 valence electrons. The molecule has 1 N–H and O–H groups in total. The third-order valence-electron chi connectivity index (χ3n) is 3.93. The Bertz CT molecular complexity index is 734. The minimum Gasteiger partial charge on any atom is -0.484 e. The number of hydrogen-bond acceptors (Lipinski definition) is 5. The Morgan fingerprint density at radius 3 is 2.62 bits per heavy atom. The number of aromatic nitrogens is 1. The molecule has 3 rings (SSSR count). The van der Waals surface area contributed by atoms with Gasteiger partial charge in [0.25, 0.3) is 5.91 Å². The van der Waals surface area contributed by atoms with Crippen molar-refractivity contribution in [1.82, 2.24) is 9.99 Å². The van der Waals surface area contributed by atoms with Crippen molar-refractivity contribution in [2.24, 2.45) is 5.10 Å². The summed E-state index contributed by atoms with van der Waals surface area (Å²) in [4.78, 5) is 16.5. The Balaban J connectivity index is 1.80. The Morgan fingerprint density at radius 2 is 1.96 bits per heavy atom. The molecule has 1 aromatic carbocycles. The largest absolute Gasteiger partial charge is 0.484 e. The highest BCUT2D eigenvalue weighted by atomic mass is 16.5. The molecule has 2 heterocycles. The lowest BCUT2D eigenvalue weighted by Crippen LogP contribution is -2.45. The number of amides is 1. The van der Waals surface area contributed by atoms with Crippen molar-refractivity contribution < 1.29 is 14.6 Å². The summed E-state index contributed by atoms with van der Waals surface area (Å²) in [5, 5.41) is 16.5. The molecule has 0 bridgehead atoms. The van der Waals surface area contributed by atoms with Gasteiger partial charge in [-0.05, 0) is 30.7 Å². The van der Waals surface area contributed by atoms with Crippen molar-refractivity contribution in [3.8, 4) is 5.75 Å². The number of hydrogen-bond donors (Lipinski definition) is 1. The minimum atomic E-state index is -1.49. The molecule has 1 amide bonds. The van der Waals surface area contributed by atoms with Gasteiger partial charge in [-0.25, -0.2) is 0 Å². The van der Waals surface area contributed by atoms with E-state index in [4.69, 9.17) is 4.74 Å². The second kappa shape index (κ2) is 6.80. The monoisotopic (exact) mass is 325 g/mol. The van der Waals surface area contributed by atoms with Gasteiger partial charge in [-0.2, -0.15) is 10.1 Å². The smallest absolute Gasteiger partial charge is 0.283 e. The molecule has 0 radical (unpaired) electrons. The van der Waals surface area contributed by atoms with E-state index in [0.29, 0.717) is 17.7 Å². The highest BCUT2D eigenvalue weighted by Crippen LogP contribution is 2.35. The molecule has 2 aromatic rings. The van der Waals surface area contributed by atoms with Gasteiger partial charge in [-0.15, -0.1) is 0 Å². The molecule has 0 aliphatic carbocycles. The SMILES string of the molecule is CCC1=NN(C(=O)COc2ccccc2)[C@](O)(c2ccncc2)C1. The summed E-state index contributed by atoms with van der Waals surface area (Å²) in [7, 11) is 0. The summed E-state index contributed by atoms with van der Waals surface area (Å²) >= 11 is 0. The van der Waals surface area contributed by atoms with E-state index in [0.717, 1.165) is 10.7 Å². The molecule has 0 saturated heterocycles. The van der Waals surface area contributed by atoms with Crippen LogP contribution in [-0.2, 0) is 10.5 Å². The number of ether oxygens (including phenoxy) is 1. The fourth-order valence-corrected chi connectivity index (χ4v) is 2.64. The van der Waals surface area contributed by atoms with Crippen molar-refractivity contribution >= 4 is 11.6 Å². The van der Waals surface area contributed by atoms with Crippen molar-refractivity contribution in [3.63, 3.8) is 0 Å². The second-order valence-electron chi connectivity index (χ2n) is 5.56. The van der Waals surface area contributed by atoms with E-state index in [1.54, 1.807) is 36.7 Å². The van der Waals surface area contributed by atoms with Crippen LogP contribution in [0.15, 0.2) is 60.0 Å². The van der Waals surface area contributed by atoms with E-state index in [1.807, 2.05) is 25.1 Å². The molecule has 24 heavy (non-hydrogen) atoms. The molecule has 1 aliphatic heterocycles. The van der Waals surface area contributed by atoms with Crippen LogP contribution in [-0.4, -0.2) is 33.3 Å². The maximum atomic E-state index is 12.6. The van der Waals surface area contributed by atoms with Crippen LogP contribution in [0.2, 0.25) is 0 Å². The zero-order valence-electron chi connectivity index (χ0n) is 13.4. The van der Waals surface area contributed by atoms with Crippen LogP contribution in [0.5, 0.6) is 5.75 Å². The molecular weight excluding hydrogens is 306 g/mol. The van der Waals surface area contributed by atoms with Crippen molar-refractivity contribution in [1.29, 1.82) is 0 Å². The average molecular weight is 325 g/mol. The van der Waals surface area contributed by atoms with E-state index < -0.39 is 11.6 Å². The molecule has 1 aromatic heterocycles. The normalized spacial score (nSPS) is 19.9. The zero-order valence-corrected chi connectivity index (χ0v) is 13.4. The summed E-state index contributed by atoms with van der Waals surface area (Å²) in [6, 6.07) is 12.4. The number of carbonyl (C=O) groups excluding carboxylic acids is 1. The Kier molecular flexibility index (Phi) is 4.57. The first-order chi connectivity index (χ1) is 11.6. The fraction of sp³-hybridized carbons (Fsp3) is 0.278. The van der Waals surface area contributed by atoms with Gasteiger partial charge in [0, 0.05) is 30.1 Å². The van der Waals surface area contributed by atoms with Crippen LogP contribution in [0.4, 0.5) is 0 Å². The number of hydrazone groups is 1. The summed E-state index contributed by atoms with van der Waals surface area (Å²) in [6.07, 6.45) is 4.11. The quantitative estimate of drug-likeness (QED) is 0.915. The third-order valence-corrected chi connectivity index (χ3v) is 3.93. The number of nitrogens with zero attached hydrogens (tertiary/aromatic N) is 3. The fourth-order valence-electron chi connectivity index (χ4n) is 2.64. The summed E-state index contributed by atoms with van der Waals surface area (Å²) < 4.78 is 5.49. The highest BCUT2D eigenvalue weighted by Gasteiger charge is 2.45. The van der Waals surface area contributed by atoms with E-state index in [1.165, 1.54) is 0 Å². The van der Waals surface area contributed by atoms with E-state index in [2.05, 4.69) is 10.1 Å². The average Bonchev–Trinajstić information content (AvgIpc) is 2.99. The first kappa shape index (κ1) is 16.1. The lowest BCUT2D eigenvalue weighted by atomic mass is 9.97. The van der Waals surface area contributed by atoms with Gasteiger partial charge in [-0.1, -0.05) is 25.1 Å². The zero-order chi connectivity index (χ0) is 17.0. The maximum absolute atomic E-state index is 12.6. The number of pyridine rings is 1. The number of para-hydroxylation sites is 1. The lowest BCUT2D eigenvalue weighted by Gasteiger charge is -2.31. The molecular formula is C18H19N3O3. The predicted molar refractivity (Wildman–Crippen MR) is 89.3 cm³/mol. The summed E-state index contributed by atoms with van der Waals surface area (Å²) in [5.41, 5.74) is -0.147. The second-order valence-corrected chi connectivity index (χ2v) is 5.56. The van der Waals surface area contributed by atoms with Gasteiger partial charge in [0.05, 0.1) is 0 Å². The van der Waals surface area contributed by atoms with Crippen LogP contribution >= 0.6 is 0 Å². The maximum Gasteiger partial charge on any atom is 0.283 e. The van der Waals surface area contributed by atoms with Crippen LogP contribution in [0.25, 0.3) is 0 Å². The Hall–Kier alpha value is -2.73. The molecule has 6 heteroatoms. The van der Waals surface area contributed by atoms with Crippen LogP contribution in [0, 0.1) is 0 Å². The van der Waals surface area contributed by atoms with Crippen molar-refractivity contribution in [2.75, 3.05) is 6.61 Å². The molecule has 0 saturated carbocycles. The summed E-state index contributed by atoms with van der Waals surface area (Å²) in [5.74, 6) is 0.193. The molecule has 1 aliphatic rings. The third kappa shape index (κ3) is 3.14. The number of benzene rings is 1. The van der Waals surface area contributed by atoms with Gasteiger partial charge < -0.3 is 9.84 Å². The molecule has 6 nitrogen and oxygen atoms in total. The Morgan fingerprint density at radius 1 is 1.25 bits per heavy atom. The van der Waals surface area contributed by atoms with Gasteiger partial charge in [0.2, 0.25) is 0 Å². The first-order valence-corrected chi connectivity index (χ1v) is 7.83. The topological polar surface area (TPSA) is 75.0 Å².